The average molecular weight is 453 g/mol. The van der Waals surface area contributed by atoms with Crippen molar-refractivity contribution in [2.45, 2.75) is 18.9 Å². The van der Waals surface area contributed by atoms with Crippen molar-refractivity contribution in [1.29, 1.82) is 5.26 Å². The summed E-state index contributed by atoms with van der Waals surface area (Å²) in [5, 5.41) is 22.7. The Kier molecular flexibility index (Phi) is 6.17. The van der Waals surface area contributed by atoms with Gasteiger partial charge in [-0.25, -0.2) is 8.78 Å². The number of hydrogen-bond donors (Lipinski definition) is 1. The molecule has 4 rings (SSSR count). The van der Waals surface area contributed by atoms with E-state index in [1.807, 2.05) is 4.90 Å². The zero-order valence-corrected chi connectivity index (χ0v) is 18.5. The summed E-state index contributed by atoms with van der Waals surface area (Å²) in [5.41, 5.74) is 7.65. The van der Waals surface area contributed by atoms with Crippen LogP contribution in [0.25, 0.3) is 11.3 Å². The third-order valence-electron chi connectivity index (χ3n) is 6.07. The number of piperidine rings is 1. The van der Waals surface area contributed by atoms with Crippen LogP contribution in [0, 0.1) is 28.2 Å². The third kappa shape index (κ3) is 4.46. The molecule has 1 atom stereocenters. The van der Waals surface area contributed by atoms with Gasteiger partial charge in [0, 0.05) is 30.3 Å². The lowest BCUT2D eigenvalue weighted by molar-refractivity contribution is -0.765. The Morgan fingerprint density at radius 3 is 2.42 bits per heavy atom. The minimum atomic E-state index is -0.791. The SMILES string of the molecule is COc1ccc(C2=C(c3ccc(C#N)c(F)c3)N=C(N3CCC(N)CC3)[N+](C)([O-])C2)cc1F. The fourth-order valence-corrected chi connectivity index (χ4v) is 4.26. The number of rotatable bonds is 3. The summed E-state index contributed by atoms with van der Waals surface area (Å²) in [7, 11) is 2.87. The fraction of sp³-hybridized carbons (Fsp3) is 0.333. The molecule has 0 aromatic heterocycles. The summed E-state index contributed by atoms with van der Waals surface area (Å²) in [6, 6.07) is 10.5. The van der Waals surface area contributed by atoms with Crippen LogP contribution in [0.2, 0.25) is 0 Å². The first-order valence-corrected chi connectivity index (χ1v) is 10.7. The molecule has 9 heteroatoms. The van der Waals surface area contributed by atoms with Crippen molar-refractivity contribution in [2.75, 3.05) is 33.8 Å². The molecule has 0 aliphatic carbocycles. The van der Waals surface area contributed by atoms with Crippen LogP contribution in [-0.2, 0) is 0 Å². The molecule has 2 aliphatic rings. The minimum absolute atomic E-state index is 0.0237. The maximum atomic E-state index is 14.5. The van der Waals surface area contributed by atoms with Gasteiger partial charge in [0.05, 0.1) is 25.4 Å². The number of likely N-dealkylation sites (N-methyl/N-ethyl adjacent to an activating group) is 1. The second-order valence-electron chi connectivity index (χ2n) is 8.48. The number of hydrogen-bond acceptors (Lipinski definition) is 6. The molecule has 1 fully saturated rings. The number of methoxy groups -OCH3 is 1. The van der Waals surface area contributed by atoms with E-state index in [2.05, 4.69) is 0 Å². The maximum absolute atomic E-state index is 14.5. The van der Waals surface area contributed by atoms with Crippen LogP contribution in [0.15, 0.2) is 41.4 Å². The lowest BCUT2D eigenvalue weighted by atomic mass is 9.96. The lowest BCUT2D eigenvalue weighted by Crippen LogP contribution is -2.57. The third-order valence-corrected chi connectivity index (χ3v) is 6.07. The standard InChI is InChI=1S/C24H25F2N5O2/c1-31(32)14-19(15-5-6-22(33-2)21(26)11-15)23(16-3-4-17(13-27)20(25)12-16)29-24(31)30-9-7-18(28)8-10-30/h3-6,11-12,18H,7-10,14,28H2,1-2H3. The number of ether oxygens (including phenoxy) is 1. The Bertz CT molecular complexity index is 1180. The summed E-state index contributed by atoms with van der Waals surface area (Å²) >= 11 is 0. The molecule has 2 N–H and O–H groups in total. The molecule has 0 saturated carbocycles. The van der Waals surface area contributed by atoms with Crippen molar-refractivity contribution in [1.82, 2.24) is 4.90 Å². The second-order valence-corrected chi connectivity index (χ2v) is 8.48. The number of hydroxylamine groups is 3. The van der Waals surface area contributed by atoms with E-state index in [0.717, 1.165) is 12.8 Å². The summed E-state index contributed by atoms with van der Waals surface area (Å²) in [6.45, 7) is 1.17. The molecule has 1 unspecified atom stereocenters. The summed E-state index contributed by atoms with van der Waals surface area (Å²) in [5.74, 6) is -0.880. The fourth-order valence-electron chi connectivity index (χ4n) is 4.26. The quantitative estimate of drug-likeness (QED) is 0.567. The molecule has 2 aromatic rings. The van der Waals surface area contributed by atoms with Gasteiger partial charge in [-0.05, 0) is 42.7 Å². The van der Waals surface area contributed by atoms with Crippen molar-refractivity contribution in [3.8, 4) is 11.8 Å². The molecule has 1 saturated heterocycles. The number of quaternary nitrogens is 1. The number of nitriles is 1. The average Bonchev–Trinajstić information content (AvgIpc) is 2.79. The zero-order chi connectivity index (χ0) is 23.8. The van der Waals surface area contributed by atoms with Gasteiger partial charge in [-0.15, -0.1) is 0 Å². The van der Waals surface area contributed by atoms with Crippen LogP contribution in [-0.4, -0.2) is 55.3 Å². The van der Waals surface area contributed by atoms with Crippen molar-refractivity contribution in [3.63, 3.8) is 0 Å². The first-order valence-electron chi connectivity index (χ1n) is 10.7. The predicted octanol–water partition coefficient (Wildman–Crippen LogP) is 3.45. The van der Waals surface area contributed by atoms with Crippen molar-refractivity contribution in [2.24, 2.45) is 10.7 Å². The van der Waals surface area contributed by atoms with Gasteiger partial charge in [0.1, 0.15) is 18.4 Å². The Morgan fingerprint density at radius 2 is 1.82 bits per heavy atom. The number of nitrogens with zero attached hydrogens (tertiary/aromatic N) is 4. The molecule has 0 spiro atoms. The van der Waals surface area contributed by atoms with E-state index >= 15 is 0 Å². The number of aliphatic imine (C=N–C) groups is 1. The first-order chi connectivity index (χ1) is 15.7. The van der Waals surface area contributed by atoms with Gasteiger partial charge < -0.3 is 20.6 Å². The molecule has 2 aromatic carbocycles. The molecule has 33 heavy (non-hydrogen) atoms. The molecule has 2 aliphatic heterocycles. The van der Waals surface area contributed by atoms with Crippen molar-refractivity contribution in [3.05, 3.63) is 69.9 Å². The van der Waals surface area contributed by atoms with Gasteiger partial charge in [0.15, 0.2) is 11.6 Å². The summed E-state index contributed by atoms with van der Waals surface area (Å²) in [6.07, 6.45) is 1.47. The van der Waals surface area contributed by atoms with E-state index in [1.165, 1.54) is 38.4 Å². The number of nitrogens with two attached hydrogens (primary N) is 1. The van der Waals surface area contributed by atoms with E-state index < -0.39 is 16.3 Å². The van der Waals surface area contributed by atoms with Crippen LogP contribution < -0.4 is 10.5 Å². The molecule has 0 amide bonds. The van der Waals surface area contributed by atoms with Gasteiger partial charge in [0.25, 0.3) is 0 Å². The molecule has 7 nitrogen and oxygen atoms in total. The molecule has 0 bridgehead atoms. The van der Waals surface area contributed by atoms with E-state index in [4.69, 9.17) is 20.7 Å². The van der Waals surface area contributed by atoms with Crippen LogP contribution in [0.3, 0.4) is 0 Å². The van der Waals surface area contributed by atoms with Gasteiger partial charge >= 0.3 is 5.96 Å². The lowest BCUT2D eigenvalue weighted by Gasteiger charge is -2.46. The summed E-state index contributed by atoms with van der Waals surface area (Å²) in [4.78, 5) is 6.64. The number of halogens is 2. The number of likely N-dealkylation sites (tertiary alicyclic amines) is 1. The van der Waals surface area contributed by atoms with E-state index in [0.29, 0.717) is 41.4 Å². The number of benzene rings is 2. The Hall–Kier alpha value is -3.32. The molecule has 172 valence electrons. The Balaban J connectivity index is 1.89. The van der Waals surface area contributed by atoms with Gasteiger partial charge in [-0.2, -0.15) is 10.3 Å². The zero-order valence-electron chi connectivity index (χ0n) is 18.5. The monoisotopic (exact) mass is 453 g/mol. The van der Waals surface area contributed by atoms with Crippen LogP contribution in [0.5, 0.6) is 5.75 Å². The van der Waals surface area contributed by atoms with E-state index in [1.54, 1.807) is 18.2 Å². The van der Waals surface area contributed by atoms with Crippen LogP contribution in [0.1, 0.15) is 29.5 Å². The number of guanidine groups is 1. The molecular formula is C24H25F2N5O2. The normalized spacial score (nSPS) is 21.6. The molecule has 2 heterocycles. The van der Waals surface area contributed by atoms with Crippen LogP contribution in [0.4, 0.5) is 8.78 Å². The minimum Gasteiger partial charge on any atom is -0.625 e. The van der Waals surface area contributed by atoms with Crippen LogP contribution >= 0.6 is 0 Å². The predicted molar refractivity (Wildman–Crippen MR) is 122 cm³/mol. The Labute approximate surface area is 191 Å². The second kappa shape index (κ2) is 8.90. The molecular weight excluding hydrogens is 428 g/mol. The highest BCUT2D eigenvalue weighted by molar-refractivity contribution is 5.98. The largest absolute Gasteiger partial charge is 0.625 e. The highest BCUT2D eigenvalue weighted by Gasteiger charge is 2.36. The Morgan fingerprint density at radius 1 is 1.15 bits per heavy atom. The highest BCUT2D eigenvalue weighted by atomic mass is 19.1. The molecule has 0 radical (unpaired) electrons. The van der Waals surface area contributed by atoms with Crippen molar-refractivity contribution < 1.29 is 18.2 Å². The van der Waals surface area contributed by atoms with Gasteiger partial charge in [0.2, 0.25) is 0 Å². The highest BCUT2D eigenvalue weighted by Crippen LogP contribution is 2.36. The van der Waals surface area contributed by atoms with E-state index in [9.17, 15) is 14.0 Å². The van der Waals surface area contributed by atoms with Gasteiger partial charge in [-0.3, -0.25) is 4.65 Å². The van der Waals surface area contributed by atoms with Crippen molar-refractivity contribution >= 4 is 17.2 Å². The summed E-state index contributed by atoms with van der Waals surface area (Å²) < 4.78 is 33.2. The smallest absolute Gasteiger partial charge is 0.305 e. The maximum Gasteiger partial charge on any atom is 0.305 e. The topological polar surface area (TPSA) is 97.7 Å². The van der Waals surface area contributed by atoms with E-state index in [-0.39, 0.29) is 23.9 Å². The first kappa shape index (κ1) is 22.9. The van der Waals surface area contributed by atoms with Gasteiger partial charge in [-0.1, -0.05) is 12.1 Å².